The molecule has 10 rings (SSSR count). The van der Waals surface area contributed by atoms with E-state index in [-0.39, 0.29) is 10.8 Å². The van der Waals surface area contributed by atoms with Crippen LogP contribution in [-0.2, 0) is 15.4 Å². The molecule has 0 saturated heterocycles. The Morgan fingerprint density at radius 1 is 0.340 bits per heavy atom. The first-order valence-corrected chi connectivity index (χ1v) is 19.3. The summed E-state index contributed by atoms with van der Waals surface area (Å²) in [6.07, 6.45) is 0. The Kier molecular flexibility index (Phi) is 6.03. The molecule has 0 atom stereocenters. The second kappa shape index (κ2) is 10.2. The second-order valence-electron chi connectivity index (χ2n) is 15.2. The first-order valence-electron chi connectivity index (χ1n) is 17.6. The molecule has 0 radical (unpaired) electrons. The molecule has 2 aliphatic carbocycles. The van der Waals surface area contributed by atoms with Gasteiger partial charge in [-0.3, -0.25) is 0 Å². The minimum Gasteiger partial charge on any atom is -0.309 e. The van der Waals surface area contributed by atoms with Crippen LogP contribution in [0.25, 0.3) is 54.6 Å². The summed E-state index contributed by atoms with van der Waals surface area (Å²) in [7, 11) is -3.39. The van der Waals surface area contributed by atoms with Crippen LogP contribution in [0.4, 0.5) is 0 Å². The molecule has 2 heteroatoms. The van der Waals surface area contributed by atoms with E-state index in [0.717, 1.165) is 21.3 Å². The standard InChI is InChI=1S/C48H37OP/c1-47(2)43-19-11-9-17-38(43)40-25-22-31(28-45(40)47)50(49,32-23-26-41-39-18-10-12-20-44(39)48(3,4)46(41)29-32)30-21-24-37-35-15-6-5-13-33(35)34-14-7-8-16-36(34)42(37)27-30/h5-29H,1-4H3. The number of rotatable bonds is 3. The molecule has 0 heterocycles. The van der Waals surface area contributed by atoms with Crippen molar-refractivity contribution in [2.45, 2.75) is 38.5 Å². The molecule has 50 heavy (non-hydrogen) atoms. The molecular weight excluding hydrogens is 624 g/mol. The molecular formula is C48H37OP. The Hall–Kier alpha value is -5.23. The fourth-order valence-electron chi connectivity index (χ4n) is 9.31. The lowest BCUT2D eigenvalue weighted by Gasteiger charge is -2.27. The maximum atomic E-state index is 16.6. The molecule has 8 aromatic carbocycles. The molecule has 2 aliphatic rings. The highest BCUT2D eigenvalue weighted by Gasteiger charge is 2.40. The summed E-state index contributed by atoms with van der Waals surface area (Å²) in [6, 6.07) is 54.6. The van der Waals surface area contributed by atoms with Gasteiger partial charge in [0.05, 0.1) is 0 Å². The first kappa shape index (κ1) is 29.7. The molecule has 0 bridgehead atoms. The number of benzene rings is 8. The van der Waals surface area contributed by atoms with Gasteiger partial charge in [0.2, 0.25) is 0 Å². The summed E-state index contributed by atoms with van der Waals surface area (Å²) in [5, 5.41) is 9.83. The molecule has 0 saturated carbocycles. The molecule has 0 fully saturated rings. The maximum Gasteiger partial charge on any atom is 0.171 e. The Labute approximate surface area is 293 Å². The average Bonchev–Trinajstić information content (AvgIpc) is 3.53. The molecule has 0 aromatic heterocycles. The number of hydrogen-bond acceptors (Lipinski definition) is 1. The van der Waals surface area contributed by atoms with Crippen molar-refractivity contribution in [2.75, 3.05) is 0 Å². The summed E-state index contributed by atoms with van der Waals surface area (Å²) < 4.78 is 16.6. The fourth-order valence-corrected chi connectivity index (χ4v) is 12.0. The molecule has 0 amide bonds. The largest absolute Gasteiger partial charge is 0.309 e. The molecule has 8 aromatic rings. The van der Waals surface area contributed by atoms with Gasteiger partial charge in [0, 0.05) is 26.7 Å². The Bertz CT molecular complexity index is 2650. The van der Waals surface area contributed by atoms with E-state index in [4.69, 9.17) is 0 Å². The van der Waals surface area contributed by atoms with E-state index in [2.05, 4.69) is 179 Å². The van der Waals surface area contributed by atoms with Crippen LogP contribution >= 0.6 is 7.14 Å². The van der Waals surface area contributed by atoms with E-state index in [1.807, 2.05) is 0 Å². The van der Waals surface area contributed by atoms with Gasteiger partial charge in [0.25, 0.3) is 0 Å². The normalized spacial score (nSPS) is 15.2. The van der Waals surface area contributed by atoms with Gasteiger partial charge in [-0.05, 0) is 95.0 Å². The van der Waals surface area contributed by atoms with Gasteiger partial charge in [-0.15, -0.1) is 0 Å². The molecule has 0 unspecified atom stereocenters. The van der Waals surface area contributed by atoms with E-state index in [9.17, 15) is 0 Å². The first-order chi connectivity index (χ1) is 24.2. The van der Waals surface area contributed by atoms with Crippen molar-refractivity contribution in [3.8, 4) is 22.3 Å². The zero-order valence-electron chi connectivity index (χ0n) is 28.8. The second-order valence-corrected chi connectivity index (χ2v) is 18.0. The third-order valence-corrected chi connectivity index (χ3v) is 15.0. The van der Waals surface area contributed by atoms with E-state index < -0.39 is 7.14 Å². The van der Waals surface area contributed by atoms with Crippen molar-refractivity contribution in [2.24, 2.45) is 0 Å². The Balaban J connectivity index is 1.27. The third-order valence-electron chi connectivity index (χ3n) is 12.0. The summed E-state index contributed by atoms with van der Waals surface area (Å²) >= 11 is 0. The summed E-state index contributed by atoms with van der Waals surface area (Å²) in [5.74, 6) is 0. The number of fused-ring (bicyclic) bond motifs is 12. The molecule has 0 N–H and O–H groups in total. The highest BCUT2D eigenvalue weighted by molar-refractivity contribution is 7.85. The van der Waals surface area contributed by atoms with Crippen LogP contribution in [-0.4, -0.2) is 0 Å². The molecule has 240 valence electrons. The van der Waals surface area contributed by atoms with Crippen molar-refractivity contribution in [1.29, 1.82) is 0 Å². The van der Waals surface area contributed by atoms with E-state index in [1.165, 1.54) is 71.4 Å². The van der Waals surface area contributed by atoms with Crippen LogP contribution < -0.4 is 15.9 Å². The lowest BCUT2D eigenvalue weighted by atomic mass is 9.82. The Morgan fingerprint density at radius 3 is 1.16 bits per heavy atom. The van der Waals surface area contributed by atoms with Crippen molar-refractivity contribution >= 4 is 55.4 Å². The fraction of sp³-hybridized carbons (Fsp3) is 0.125. The van der Waals surface area contributed by atoms with Crippen molar-refractivity contribution in [3.05, 3.63) is 174 Å². The van der Waals surface area contributed by atoms with Crippen LogP contribution in [0, 0.1) is 0 Å². The van der Waals surface area contributed by atoms with Crippen LogP contribution in [0.3, 0.4) is 0 Å². The molecule has 0 spiro atoms. The predicted molar refractivity (Wildman–Crippen MR) is 213 cm³/mol. The van der Waals surface area contributed by atoms with Crippen LogP contribution in [0.5, 0.6) is 0 Å². The smallest absolute Gasteiger partial charge is 0.171 e. The van der Waals surface area contributed by atoms with Gasteiger partial charge in [0.15, 0.2) is 7.14 Å². The minimum absolute atomic E-state index is 0.202. The van der Waals surface area contributed by atoms with Crippen LogP contribution in [0.15, 0.2) is 152 Å². The van der Waals surface area contributed by atoms with Crippen molar-refractivity contribution in [3.63, 3.8) is 0 Å². The van der Waals surface area contributed by atoms with Gasteiger partial charge in [-0.2, -0.15) is 0 Å². The van der Waals surface area contributed by atoms with E-state index >= 15 is 4.57 Å². The summed E-state index contributed by atoms with van der Waals surface area (Å²) in [4.78, 5) is 0. The quantitative estimate of drug-likeness (QED) is 0.136. The van der Waals surface area contributed by atoms with Crippen molar-refractivity contribution in [1.82, 2.24) is 0 Å². The highest BCUT2D eigenvalue weighted by atomic mass is 31.2. The zero-order chi connectivity index (χ0) is 34.0. The van der Waals surface area contributed by atoms with Crippen molar-refractivity contribution < 1.29 is 4.57 Å². The lowest BCUT2D eigenvalue weighted by molar-refractivity contribution is 0.592. The van der Waals surface area contributed by atoms with Gasteiger partial charge in [-0.1, -0.05) is 161 Å². The van der Waals surface area contributed by atoms with E-state index in [0.29, 0.717) is 0 Å². The summed E-state index contributed by atoms with van der Waals surface area (Å²) in [6.45, 7) is 9.20. The van der Waals surface area contributed by atoms with Crippen LogP contribution in [0.2, 0.25) is 0 Å². The lowest BCUT2D eigenvalue weighted by Crippen LogP contribution is -2.28. The van der Waals surface area contributed by atoms with Gasteiger partial charge in [0.1, 0.15) is 0 Å². The molecule has 1 nitrogen and oxygen atoms in total. The van der Waals surface area contributed by atoms with Gasteiger partial charge >= 0.3 is 0 Å². The monoisotopic (exact) mass is 660 g/mol. The minimum atomic E-state index is -3.39. The topological polar surface area (TPSA) is 17.1 Å². The van der Waals surface area contributed by atoms with Gasteiger partial charge in [-0.25, -0.2) is 0 Å². The molecule has 0 aliphatic heterocycles. The maximum absolute atomic E-state index is 16.6. The predicted octanol–water partition coefficient (Wildman–Crippen LogP) is 11.4. The highest BCUT2D eigenvalue weighted by Crippen LogP contribution is 2.53. The Morgan fingerprint density at radius 2 is 0.680 bits per heavy atom. The van der Waals surface area contributed by atoms with E-state index in [1.54, 1.807) is 0 Å². The third kappa shape index (κ3) is 3.82. The zero-order valence-corrected chi connectivity index (χ0v) is 29.7. The number of hydrogen-bond donors (Lipinski definition) is 0. The SMILES string of the molecule is CC1(C)c2ccccc2-c2ccc(P(=O)(c3ccc4c(c3)C(C)(C)c3ccccc3-4)c3ccc4c5ccccc5c5ccccc5c4c3)cc21. The van der Waals surface area contributed by atoms with Gasteiger partial charge < -0.3 is 4.57 Å². The summed E-state index contributed by atoms with van der Waals surface area (Å²) in [5.41, 5.74) is 9.74. The van der Waals surface area contributed by atoms with Crippen LogP contribution in [0.1, 0.15) is 49.9 Å². The average molecular weight is 661 g/mol.